The van der Waals surface area contributed by atoms with Gasteiger partial charge in [-0.1, -0.05) is 12.1 Å². The highest BCUT2D eigenvalue weighted by molar-refractivity contribution is 6.21. The number of amides is 2. The van der Waals surface area contributed by atoms with Crippen LogP contribution < -0.4 is 0 Å². The first kappa shape index (κ1) is 13.1. The number of carboxylic acids is 1. The lowest BCUT2D eigenvalue weighted by molar-refractivity contribution is 0.0635. The van der Waals surface area contributed by atoms with Crippen LogP contribution >= 0.6 is 0 Å². The average molecular weight is 285 g/mol. The largest absolute Gasteiger partial charge is 0.475 e. The zero-order valence-electron chi connectivity index (χ0n) is 11.1. The molecule has 0 fully saturated rings. The fraction of sp³-hybridized carbons (Fsp3) is 0.133. The van der Waals surface area contributed by atoms with Crippen molar-refractivity contribution in [2.75, 3.05) is 0 Å². The minimum Gasteiger partial charge on any atom is -0.475 e. The van der Waals surface area contributed by atoms with Crippen LogP contribution in [0.15, 0.2) is 34.7 Å². The van der Waals surface area contributed by atoms with Crippen LogP contribution in [0.3, 0.4) is 0 Å². The first-order valence-corrected chi connectivity index (χ1v) is 6.27. The monoisotopic (exact) mass is 285 g/mol. The standard InChI is InChI=1S/C15H11NO5/c1-8-9(6-12(21-8)15(19)20)7-16-13(17)10-4-2-3-5-11(10)14(16)18/h2-6H,7H2,1H3,(H,19,20). The summed E-state index contributed by atoms with van der Waals surface area (Å²) in [5, 5.41) is 8.89. The summed E-state index contributed by atoms with van der Waals surface area (Å²) in [6, 6.07) is 7.92. The van der Waals surface area contributed by atoms with Crippen LogP contribution in [0.4, 0.5) is 0 Å². The summed E-state index contributed by atoms with van der Waals surface area (Å²) in [7, 11) is 0. The molecule has 0 atom stereocenters. The Balaban J connectivity index is 1.92. The average Bonchev–Trinajstić information content (AvgIpc) is 2.94. The molecule has 0 unspecified atom stereocenters. The zero-order valence-corrected chi connectivity index (χ0v) is 11.1. The van der Waals surface area contributed by atoms with Gasteiger partial charge in [0.05, 0.1) is 17.7 Å². The number of nitrogens with zero attached hydrogens (tertiary/aromatic N) is 1. The lowest BCUT2D eigenvalue weighted by Gasteiger charge is -2.12. The number of imide groups is 1. The number of rotatable bonds is 3. The van der Waals surface area contributed by atoms with Crippen LogP contribution in [0, 0.1) is 6.92 Å². The number of fused-ring (bicyclic) bond motifs is 1. The van der Waals surface area contributed by atoms with Gasteiger partial charge < -0.3 is 9.52 Å². The third-order valence-corrected chi connectivity index (χ3v) is 3.44. The van der Waals surface area contributed by atoms with Crippen molar-refractivity contribution in [2.45, 2.75) is 13.5 Å². The van der Waals surface area contributed by atoms with Crippen molar-refractivity contribution in [3.05, 3.63) is 58.5 Å². The van der Waals surface area contributed by atoms with E-state index < -0.39 is 5.97 Å². The van der Waals surface area contributed by atoms with E-state index in [9.17, 15) is 14.4 Å². The molecule has 2 amide bonds. The first-order chi connectivity index (χ1) is 9.99. The molecule has 0 radical (unpaired) electrons. The van der Waals surface area contributed by atoms with Crippen LogP contribution in [-0.2, 0) is 6.54 Å². The van der Waals surface area contributed by atoms with Crippen LogP contribution in [-0.4, -0.2) is 27.8 Å². The molecular weight excluding hydrogens is 274 g/mol. The smallest absolute Gasteiger partial charge is 0.371 e. The van der Waals surface area contributed by atoms with Gasteiger partial charge in [-0.3, -0.25) is 14.5 Å². The molecule has 1 N–H and O–H groups in total. The lowest BCUT2D eigenvalue weighted by atomic mass is 10.1. The summed E-state index contributed by atoms with van der Waals surface area (Å²) in [5.74, 6) is -1.78. The molecule has 106 valence electrons. The van der Waals surface area contributed by atoms with E-state index in [2.05, 4.69) is 0 Å². The number of carboxylic acid groups (broad SMARTS) is 1. The van der Waals surface area contributed by atoms with Gasteiger partial charge in [0, 0.05) is 5.56 Å². The molecule has 0 spiro atoms. The van der Waals surface area contributed by atoms with Gasteiger partial charge in [0.1, 0.15) is 5.76 Å². The van der Waals surface area contributed by atoms with Crippen molar-refractivity contribution in [3.63, 3.8) is 0 Å². The maximum atomic E-state index is 12.2. The minimum atomic E-state index is -1.19. The van der Waals surface area contributed by atoms with Crippen molar-refractivity contribution in [3.8, 4) is 0 Å². The fourth-order valence-corrected chi connectivity index (χ4v) is 2.34. The predicted octanol–water partition coefficient (Wildman–Crippen LogP) is 2.08. The number of benzene rings is 1. The van der Waals surface area contributed by atoms with Gasteiger partial charge in [-0.15, -0.1) is 0 Å². The molecule has 0 bridgehead atoms. The second-order valence-electron chi connectivity index (χ2n) is 4.74. The Morgan fingerprint density at radius 3 is 2.24 bits per heavy atom. The number of furan rings is 1. The highest BCUT2D eigenvalue weighted by Crippen LogP contribution is 2.26. The maximum Gasteiger partial charge on any atom is 0.371 e. The summed E-state index contributed by atoms with van der Waals surface area (Å²) in [6.07, 6.45) is 0. The molecule has 3 rings (SSSR count). The maximum absolute atomic E-state index is 12.2. The second kappa shape index (κ2) is 4.59. The second-order valence-corrected chi connectivity index (χ2v) is 4.74. The molecule has 2 heterocycles. The molecule has 6 heteroatoms. The van der Waals surface area contributed by atoms with E-state index in [1.165, 1.54) is 6.07 Å². The Labute approximate surface area is 119 Å². The summed E-state index contributed by atoms with van der Waals surface area (Å²) < 4.78 is 5.09. The molecule has 1 aromatic heterocycles. The van der Waals surface area contributed by atoms with Crippen LogP contribution in [0.5, 0.6) is 0 Å². The van der Waals surface area contributed by atoms with E-state index >= 15 is 0 Å². The van der Waals surface area contributed by atoms with Gasteiger partial charge in [0.25, 0.3) is 11.8 Å². The van der Waals surface area contributed by atoms with Gasteiger partial charge in [-0.2, -0.15) is 0 Å². The molecule has 1 aliphatic heterocycles. The number of carbonyl (C=O) groups is 3. The number of hydrogen-bond acceptors (Lipinski definition) is 4. The summed E-state index contributed by atoms with van der Waals surface area (Å²) in [6.45, 7) is 1.59. The highest BCUT2D eigenvalue weighted by Gasteiger charge is 2.35. The Morgan fingerprint density at radius 2 is 1.76 bits per heavy atom. The van der Waals surface area contributed by atoms with Crippen molar-refractivity contribution in [1.29, 1.82) is 0 Å². The van der Waals surface area contributed by atoms with Crippen LogP contribution in [0.1, 0.15) is 42.6 Å². The molecule has 0 aliphatic carbocycles. The van der Waals surface area contributed by atoms with Gasteiger partial charge >= 0.3 is 5.97 Å². The highest BCUT2D eigenvalue weighted by atomic mass is 16.4. The van der Waals surface area contributed by atoms with Crippen LogP contribution in [0.2, 0.25) is 0 Å². The number of aryl methyl sites for hydroxylation is 1. The summed E-state index contributed by atoms with van der Waals surface area (Å²) in [4.78, 5) is 36.4. The topological polar surface area (TPSA) is 87.8 Å². The van der Waals surface area contributed by atoms with Gasteiger partial charge in [-0.05, 0) is 25.1 Å². The third-order valence-electron chi connectivity index (χ3n) is 3.44. The lowest BCUT2D eigenvalue weighted by Crippen LogP contribution is -2.29. The van der Waals surface area contributed by atoms with E-state index in [4.69, 9.17) is 9.52 Å². The van der Waals surface area contributed by atoms with Gasteiger partial charge in [0.15, 0.2) is 0 Å². The van der Waals surface area contributed by atoms with Gasteiger partial charge in [-0.25, -0.2) is 4.79 Å². The molecule has 21 heavy (non-hydrogen) atoms. The van der Waals surface area contributed by atoms with Crippen molar-refractivity contribution in [2.24, 2.45) is 0 Å². The van der Waals surface area contributed by atoms with E-state index in [1.807, 2.05) is 0 Å². The Morgan fingerprint density at radius 1 is 1.19 bits per heavy atom. The number of aromatic carboxylic acids is 1. The Hall–Kier alpha value is -2.89. The van der Waals surface area contributed by atoms with E-state index in [0.717, 1.165) is 4.90 Å². The van der Waals surface area contributed by atoms with Crippen LogP contribution in [0.25, 0.3) is 0 Å². The van der Waals surface area contributed by atoms with Crippen molar-refractivity contribution >= 4 is 17.8 Å². The molecule has 0 saturated heterocycles. The molecule has 1 aliphatic rings. The normalized spacial score (nSPS) is 13.7. The summed E-state index contributed by atoms with van der Waals surface area (Å²) in [5.41, 5.74) is 1.23. The van der Waals surface area contributed by atoms with Gasteiger partial charge in [0.2, 0.25) is 5.76 Å². The molecule has 6 nitrogen and oxygen atoms in total. The molecule has 0 saturated carbocycles. The number of carbonyl (C=O) groups excluding carboxylic acids is 2. The Bertz CT molecular complexity index is 739. The molecular formula is C15H11NO5. The predicted molar refractivity (Wildman–Crippen MR) is 71.1 cm³/mol. The first-order valence-electron chi connectivity index (χ1n) is 6.27. The third kappa shape index (κ3) is 2.01. The zero-order chi connectivity index (χ0) is 15.1. The van der Waals surface area contributed by atoms with E-state index in [0.29, 0.717) is 22.5 Å². The van der Waals surface area contributed by atoms with Crippen molar-refractivity contribution < 1.29 is 23.9 Å². The van der Waals surface area contributed by atoms with Crippen molar-refractivity contribution in [1.82, 2.24) is 4.90 Å². The van der Waals surface area contributed by atoms with E-state index in [1.54, 1.807) is 31.2 Å². The summed E-state index contributed by atoms with van der Waals surface area (Å²) >= 11 is 0. The molecule has 1 aromatic carbocycles. The fourth-order valence-electron chi connectivity index (χ4n) is 2.34. The molecule has 2 aromatic rings. The number of hydrogen-bond donors (Lipinski definition) is 1. The SMILES string of the molecule is Cc1oc(C(=O)O)cc1CN1C(=O)c2ccccc2C1=O. The quantitative estimate of drug-likeness (QED) is 0.872. The Kier molecular flexibility index (Phi) is 2.86. The minimum absolute atomic E-state index is 0.00500. The van der Waals surface area contributed by atoms with E-state index in [-0.39, 0.29) is 24.1 Å².